The van der Waals surface area contributed by atoms with Crippen LogP contribution in [0.15, 0.2) is 65.2 Å². The topological polar surface area (TPSA) is 83.6 Å². The highest BCUT2D eigenvalue weighted by Crippen LogP contribution is 2.26. The van der Waals surface area contributed by atoms with Crippen LogP contribution in [0.25, 0.3) is 11.3 Å². The smallest absolute Gasteiger partial charge is 0.323 e. The van der Waals surface area contributed by atoms with Crippen molar-refractivity contribution in [1.82, 2.24) is 10.1 Å². The fourth-order valence-corrected chi connectivity index (χ4v) is 2.74. The van der Waals surface area contributed by atoms with Crippen LogP contribution in [0, 0.1) is 6.92 Å². The van der Waals surface area contributed by atoms with E-state index < -0.39 is 18.4 Å². The molecule has 2 aromatic carbocycles. The standard InChI is InChI=1S/C20H18N2O4/c1-14-18(19(21-26-14)16-10-6-3-7-11-16)20(25)22(13-17(23)24)12-15-8-4-2-5-9-15/h2-11H,12-13H2,1H3,(H,23,24). The zero-order chi connectivity index (χ0) is 18.5. The van der Waals surface area contributed by atoms with E-state index in [2.05, 4.69) is 5.16 Å². The number of carboxylic acids is 1. The van der Waals surface area contributed by atoms with Gasteiger partial charge in [-0.3, -0.25) is 9.59 Å². The van der Waals surface area contributed by atoms with Gasteiger partial charge in [0.05, 0.1) is 0 Å². The average molecular weight is 350 g/mol. The average Bonchev–Trinajstić information content (AvgIpc) is 3.03. The summed E-state index contributed by atoms with van der Waals surface area (Å²) in [5.74, 6) is -1.14. The van der Waals surface area contributed by atoms with E-state index in [0.29, 0.717) is 11.5 Å². The maximum absolute atomic E-state index is 13.1. The number of benzene rings is 2. The maximum Gasteiger partial charge on any atom is 0.323 e. The van der Waals surface area contributed by atoms with Gasteiger partial charge < -0.3 is 14.5 Å². The molecule has 6 heteroatoms. The third-order valence-corrected chi connectivity index (χ3v) is 3.95. The molecule has 1 heterocycles. The van der Waals surface area contributed by atoms with Gasteiger partial charge in [-0.15, -0.1) is 0 Å². The Morgan fingerprint density at radius 1 is 1.04 bits per heavy atom. The molecule has 0 aliphatic carbocycles. The highest BCUT2D eigenvalue weighted by atomic mass is 16.5. The van der Waals surface area contributed by atoms with Crippen molar-refractivity contribution < 1.29 is 19.2 Å². The van der Waals surface area contributed by atoms with Gasteiger partial charge in [-0.05, 0) is 12.5 Å². The van der Waals surface area contributed by atoms with Gasteiger partial charge in [-0.25, -0.2) is 0 Å². The summed E-state index contributed by atoms with van der Waals surface area (Å²) in [7, 11) is 0. The second kappa shape index (κ2) is 7.65. The summed E-state index contributed by atoms with van der Waals surface area (Å²) in [5, 5.41) is 13.2. The summed E-state index contributed by atoms with van der Waals surface area (Å²) >= 11 is 0. The molecule has 3 rings (SSSR count). The molecule has 0 saturated heterocycles. The molecule has 0 unspecified atom stereocenters. The minimum atomic E-state index is -1.08. The summed E-state index contributed by atoms with van der Waals surface area (Å²) in [5.41, 5.74) is 2.28. The van der Waals surface area contributed by atoms with Crippen LogP contribution in [0.4, 0.5) is 0 Å². The van der Waals surface area contributed by atoms with Crippen molar-refractivity contribution in [1.29, 1.82) is 0 Å². The molecule has 1 N–H and O–H groups in total. The minimum Gasteiger partial charge on any atom is -0.480 e. The normalized spacial score (nSPS) is 10.5. The lowest BCUT2D eigenvalue weighted by atomic mass is 10.0. The molecule has 0 radical (unpaired) electrons. The van der Waals surface area contributed by atoms with Gasteiger partial charge in [-0.2, -0.15) is 0 Å². The molecule has 0 saturated carbocycles. The quantitative estimate of drug-likeness (QED) is 0.737. The van der Waals surface area contributed by atoms with E-state index in [1.54, 1.807) is 6.92 Å². The van der Waals surface area contributed by atoms with Crippen LogP contribution < -0.4 is 0 Å². The van der Waals surface area contributed by atoms with Crippen molar-refractivity contribution in [2.75, 3.05) is 6.54 Å². The molecule has 0 bridgehead atoms. The van der Waals surface area contributed by atoms with Crippen LogP contribution in [0.2, 0.25) is 0 Å². The van der Waals surface area contributed by atoms with E-state index in [1.807, 2.05) is 60.7 Å². The summed E-state index contributed by atoms with van der Waals surface area (Å²) in [4.78, 5) is 25.7. The molecule has 0 aliphatic rings. The highest BCUT2D eigenvalue weighted by Gasteiger charge is 2.27. The molecule has 6 nitrogen and oxygen atoms in total. The Bertz CT molecular complexity index is 904. The van der Waals surface area contributed by atoms with Crippen molar-refractivity contribution in [3.8, 4) is 11.3 Å². The minimum absolute atomic E-state index is 0.185. The number of aryl methyl sites for hydroxylation is 1. The fourth-order valence-electron chi connectivity index (χ4n) is 2.74. The Labute approximate surface area is 150 Å². The van der Waals surface area contributed by atoms with Crippen molar-refractivity contribution in [3.63, 3.8) is 0 Å². The van der Waals surface area contributed by atoms with Gasteiger partial charge in [0.2, 0.25) is 0 Å². The van der Waals surface area contributed by atoms with E-state index in [4.69, 9.17) is 4.52 Å². The number of carboxylic acid groups (broad SMARTS) is 1. The Balaban J connectivity index is 1.97. The lowest BCUT2D eigenvalue weighted by Gasteiger charge is -2.21. The molecule has 0 atom stereocenters. The second-order valence-electron chi connectivity index (χ2n) is 5.87. The second-order valence-corrected chi connectivity index (χ2v) is 5.87. The van der Waals surface area contributed by atoms with Gasteiger partial charge in [0, 0.05) is 12.1 Å². The largest absolute Gasteiger partial charge is 0.480 e. The van der Waals surface area contributed by atoms with Gasteiger partial charge in [0.25, 0.3) is 5.91 Å². The van der Waals surface area contributed by atoms with E-state index in [9.17, 15) is 14.7 Å². The number of rotatable bonds is 6. The number of hydrogen-bond acceptors (Lipinski definition) is 4. The van der Waals surface area contributed by atoms with Gasteiger partial charge in [-0.1, -0.05) is 65.8 Å². The Kier molecular flexibility index (Phi) is 5.12. The molecule has 26 heavy (non-hydrogen) atoms. The number of hydrogen-bond donors (Lipinski definition) is 1. The predicted molar refractivity (Wildman–Crippen MR) is 95.5 cm³/mol. The zero-order valence-electron chi connectivity index (χ0n) is 14.3. The van der Waals surface area contributed by atoms with E-state index >= 15 is 0 Å². The third-order valence-electron chi connectivity index (χ3n) is 3.95. The molecule has 0 spiro atoms. The van der Waals surface area contributed by atoms with Crippen molar-refractivity contribution >= 4 is 11.9 Å². The molecule has 132 valence electrons. The number of amides is 1. The first kappa shape index (κ1) is 17.4. The van der Waals surface area contributed by atoms with Gasteiger partial charge in [0.1, 0.15) is 23.6 Å². The Morgan fingerprint density at radius 2 is 1.65 bits per heavy atom. The Hall–Kier alpha value is -3.41. The molecule has 3 aromatic rings. The first-order chi connectivity index (χ1) is 12.6. The molecule has 0 aliphatic heterocycles. The monoisotopic (exact) mass is 350 g/mol. The van der Waals surface area contributed by atoms with Crippen LogP contribution in [0.1, 0.15) is 21.7 Å². The summed E-state index contributed by atoms with van der Waals surface area (Å²) < 4.78 is 5.23. The van der Waals surface area contributed by atoms with Crippen LogP contribution >= 0.6 is 0 Å². The van der Waals surface area contributed by atoms with Gasteiger partial charge >= 0.3 is 5.97 Å². The van der Waals surface area contributed by atoms with E-state index in [1.165, 1.54) is 4.90 Å². The van der Waals surface area contributed by atoms with Crippen molar-refractivity contribution in [2.24, 2.45) is 0 Å². The lowest BCUT2D eigenvalue weighted by Crippen LogP contribution is -2.35. The first-order valence-electron chi connectivity index (χ1n) is 8.13. The van der Waals surface area contributed by atoms with Crippen LogP contribution in [-0.2, 0) is 11.3 Å². The SMILES string of the molecule is Cc1onc(-c2ccccc2)c1C(=O)N(CC(=O)O)Cc1ccccc1. The number of carbonyl (C=O) groups is 2. The molecular weight excluding hydrogens is 332 g/mol. The van der Waals surface area contributed by atoms with Crippen molar-refractivity contribution in [3.05, 3.63) is 77.6 Å². The van der Waals surface area contributed by atoms with E-state index in [-0.39, 0.29) is 12.1 Å². The molecule has 0 fully saturated rings. The van der Waals surface area contributed by atoms with E-state index in [0.717, 1.165) is 11.1 Å². The predicted octanol–water partition coefficient (Wildman–Crippen LogP) is 3.38. The lowest BCUT2D eigenvalue weighted by molar-refractivity contribution is -0.137. The number of nitrogens with zero attached hydrogens (tertiary/aromatic N) is 2. The van der Waals surface area contributed by atoms with Crippen LogP contribution in [0.3, 0.4) is 0 Å². The van der Waals surface area contributed by atoms with Crippen molar-refractivity contribution in [2.45, 2.75) is 13.5 Å². The van der Waals surface area contributed by atoms with Gasteiger partial charge in [0.15, 0.2) is 0 Å². The van der Waals surface area contributed by atoms with Crippen LogP contribution in [0.5, 0.6) is 0 Å². The molecule has 1 aromatic heterocycles. The number of carbonyl (C=O) groups excluding carboxylic acids is 1. The third kappa shape index (κ3) is 3.80. The fraction of sp³-hybridized carbons (Fsp3) is 0.150. The van der Waals surface area contributed by atoms with Crippen LogP contribution in [-0.4, -0.2) is 33.6 Å². The Morgan fingerprint density at radius 3 is 2.27 bits per heavy atom. The molecule has 1 amide bonds. The summed E-state index contributed by atoms with van der Waals surface area (Å²) in [6.45, 7) is 1.42. The maximum atomic E-state index is 13.1. The summed E-state index contributed by atoms with van der Waals surface area (Å²) in [6.07, 6.45) is 0. The zero-order valence-corrected chi connectivity index (χ0v) is 14.3. The number of aromatic nitrogens is 1. The highest BCUT2D eigenvalue weighted by molar-refractivity contribution is 6.01. The molecular formula is C20H18N2O4. The number of aliphatic carboxylic acids is 1. The summed E-state index contributed by atoms with van der Waals surface area (Å²) in [6, 6.07) is 18.5. The first-order valence-corrected chi connectivity index (χ1v) is 8.13.